The number of hydrogen-bond acceptors (Lipinski definition) is 5. The van der Waals surface area contributed by atoms with Crippen molar-refractivity contribution >= 4 is 34.7 Å². The molecule has 0 aliphatic rings. The van der Waals surface area contributed by atoms with E-state index in [1.807, 2.05) is 62.7 Å². The fourth-order valence-corrected chi connectivity index (χ4v) is 3.87. The van der Waals surface area contributed by atoms with Crippen LogP contribution in [0.3, 0.4) is 0 Å². The number of allylic oxidation sites excluding steroid dienone is 1. The van der Waals surface area contributed by atoms with E-state index in [4.69, 9.17) is 0 Å². The van der Waals surface area contributed by atoms with Crippen LogP contribution in [0.4, 0.5) is 27.1 Å². The number of nitrogens with one attached hydrogen (secondary N) is 3. The maximum absolute atomic E-state index is 13.8. The summed E-state index contributed by atoms with van der Waals surface area (Å²) in [4.78, 5) is 12.3. The highest BCUT2D eigenvalue weighted by Gasteiger charge is 2.13. The fourth-order valence-electron chi connectivity index (χ4n) is 3.41. The van der Waals surface area contributed by atoms with Crippen LogP contribution in [0.15, 0.2) is 58.9 Å². The largest absolute Gasteiger partial charge is 0.384 e. The lowest BCUT2D eigenvalue weighted by Crippen LogP contribution is -2.19. The van der Waals surface area contributed by atoms with Gasteiger partial charge in [-0.15, -0.1) is 0 Å². The van der Waals surface area contributed by atoms with Crippen LogP contribution >= 0.6 is 11.9 Å². The van der Waals surface area contributed by atoms with Crippen molar-refractivity contribution in [2.45, 2.75) is 20.8 Å². The Morgan fingerprint density at radius 3 is 2.42 bits per heavy atom. The first-order valence-electron chi connectivity index (χ1n) is 9.93. The molecule has 0 atom stereocenters. The van der Waals surface area contributed by atoms with Gasteiger partial charge < -0.3 is 19.9 Å². The number of anilines is 4. The van der Waals surface area contributed by atoms with Gasteiger partial charge in [0, 0.05) is 48.5 Å². The van der Waals surface area contributed by atoms with Crippen molar-refractivity contribution in [2.75, 3.05) is 22.4 Å². The molecular formula is C24H27FN4OS. The number of nitrogens with zero attached hydrogens (tertiary/aromatic N) is 1. The van der Waals surface area contributed by atoms with Crippen molar-refractivity contribution < 1.29 is 4.39 Å². The van der Waals surface area contributed by atoms with Gasteiger partial charge in [0.15, 0.2) is 0 Å². The Bertz CT molecular complexity index is 1160. The number of aromatic nitrogens is 1. The maximum atomic E-state index is 13.8. The van der Waals surface area contributed by atoms with E-state index in [9.17, 15) is 9.18 Å². The third-order valence-electron chi connectivity index (χ3n) is 4.92. The summed E-state index contributed by atoms with van der Waals surface area (Å²) in [5.74, 6) is -0.252. The molecule has 3 rings (SSSR count). The van der Waals surface area contributed by atoms with Gasteiger partial charge in [-0.25, -0.2) is 4.39 Å². The summed E-state index contributed by atoms with van der Waals surface area (Å²) in [6, 6.07) is 10.9. The molecule has 0 fully saturated rings. The molecule has 0 radical (unpaired) electrons. The summed E-state index contributed by atoms with van der Waals surface area (Å²) < 4.78 is 18.6. The molecule has 162 valence electrons. The van der Waals surface area contributed by atoms with E-state index >= 15 is 0 Å². The minimum Gasteiger partial charge on any atom is -0.384 e. The molecule has 0 aliphatic carbocycles. The van der Waals surface area contributed by atoms with Crippen LogP contribution in [0.1, 0.15) is 18.1 Å². The molecule has 7 heteroatoms. The molecule has 3 N–H and O–H groups in total. The minimum atomic E-state index is -0.252. The Kier molecular flexibility index (Phi) is 7.07. The van der Waals surface area contributed by atoms with E-state index in [1.54, 1.807) is 18.7 Å². The van der Waals surface area contributed by atoms with Crippen LogP contribution in [0.5, 0.6) is 0 Å². The third-order valence-corrected chi connectivity index (χ3v) is 5.68. The third kappa shape index (κ3) is 5.11. The molecule has 5 nitrogen and oxygen atoms in total. The predicted molar refractivity (Wildman–Crippen MR) is 132 cm³/mol. The second-order valence-electron chi connectivity index (χ2n) is 7.30. The molecule has 3 aromatic rings. The molecule has 0 amide bonds. The predicted octanol–water partition coefficient (Wildman–Crippen LogP) is 6.19. The normalized spacial score (nSPS) is 11.0. The van der Waals surface area contributed by atoms with Crippen LogP contribution < -0.4 is 20.9 Å². The van der Waals surface area contributed by atoms with E-state index in [-0.39, 0.29) is 11.4 Å². The smallest absolute Gasteiger partial charge is 0.273 e. The van der Waals surface area contributed by atoms with Crippen molar-refractivity contribution in [3.8, 4) is 11.1 Å². The lowest BCUT2D eigenvalue weighted by molar-refractivity contribution is 0.625. The Labute approximate surface area is 186 Å². The van der Waals surface area contributed by atoms with E-state index in [2.05, 4.69) is 15.4 Å². The van der Waals surface area contributed by atoms with E-state index in [0.29, 0.717) is 5.69 Å². The van der Waals surface area contributed by atoms with E-state index in [0.717, 1.165) is 39.3 Å². The van der Waals surface area contributed by atoms with Crippen molar-refractivity contribution in [2.24, 2.45) is 7.05 Å². The number of hydrogen-bond donors (Lipinski definition) is 3. The molecular weight excluding hydrogens is 411 g/mol. The zero-order valence-corrected chi connectivity index (χ0v) is 19.2. The molecule has 31 heavy (non-hydrogen) atoms. The second-order valence-corrected chi connectivity index (χ2v) is 8.01. The topological polar surface area (TPSA) is 58.1 Å². The standard InChI is InChI=1S/C24H27FN4OS/c1-6-9-31-28-19-7-8-21(27-23-15(2)10-18(25)11-16(23)3)20(13-19)17-12-22(26-4)24(30)29(5)14-17/h6-14,26-28H,1-5H3/b9-6+. The first-order chi connectivity index (χ1) is 14.8. The van der Waals surface area contributed by atoms with Crippen LogP contribution in [-0.4, -0.2) is 11.6 Å². The summed E-state index contributed by atoms with van der Waals surface area (Å²) >= 11 is 1.48. The monoisotopic (exact) mass is 438 g/mol. The first kappa shape index (κ1) is 22.5. The van der Waals surface area contributed by atoms with Gasteiger partial charge >= 0.3 is 0 Å². The minimum absolute atomic E-state index is 0.0936. The van der Waals surface area contributed by atoms with Crippen LogP contribution in [0.25, 0.3) is 11.1 Å². The van der Waals surface area contributed by atoms with Gasteiger partial charge in [0.05, 0.1) is 0 Å². The van der Waals surface area contributed by atoms with Crippen LogP contribution in [0, 0.1) is 19.7 Å². The van der Waals surface area contributed by atoms with E-state index < -0.39 is 0 Å². The zero-order chi connectivity index (χ0) is 22.5. The number of halogens is 1. The summed E-state index contributed by atoms with van der Waals surface area (Å²) in [5, 5.41) is 8.41. The molecule has 0 spiro atoms. The van der Waals surface area contributed by atoms with Gasteiger partial charge in [-0.2, -0.15) is 0 Å². The van der Waals surface area contributed by atoms with Crippen molar-refractivity contribution in [1.82, 2.24) is 4.57 Å². The van der Waals surface area contributed by atoms with Crippen LogP contribution in [-0.2, 0) is 7.05 Å². The Hall–Kier alpha value is -3.19. The molecule has 0 unspecified atom stereocenters. The summed E-state index contributed by atoms with van der Waals surface area (Å²) in [5.41, 5.74) is 6.52. The van der Waals surface area contributed by atoms with Crippen molar-refractivity contribution in [1.29, 1.82) is 0 Å². The molecule has 1 aromatic heterocycles. The summed E-state index contributed by atoms with van der Waals surface area (Å²) in [7, 11) is 3.47. The average Bonchev–Trinajstić information content (AvgIpc) is 2.73. The number of benzene rings is 2. The van der Waals surface area contributed by atoms with Gasteiger partial charge in [-0.05, 0) is 85.7 Å². The van der Waals surface area contributed by atoms with Crippen molar-refractivity contribution in [3.63, 3.8) is 0 Å². The second kappa shape index (κ2) is 9.75. The highest BCUT2D eigenvalue weighted by molar-refractivity contribution is 8.03. The molecule has 0 bridgehead atoms. The average molecular weight is 439 g/mol. The van der Waals surface area contributed by atoms with Gasteiger partial charge in [0.25, 0.3) is 5.56 Å². The van der Waals surface area contributed by atoms with Gasteiger partial charge in [0.2, 0.25) is 0 Å². The Morgan fingerprint density at radius 2 is 1.77 bits per heavy atom. The maximum Gasteiger partial charge on any atom is 0.273 e. The number of rotatable bonds is 7. The Morgan fingerprint density at radius 1 is 1.06 bits per heavy atom. The van der Waals surface area contributed by atoms with Crippen molar-refractivity contribution in [3.05, 3.63) is 81.4 Å². The van der Waals surface area contributed by atoms with Crippen LogP contribution in [0.2, 0.25) is 0 Å². The molecule has 0 aliphatic heterocycles. The lowest BCUT2D eigenvalue weighted by atomic mass is 10.0. The highest BCUT2D eigenvalue weighted by atomic mass is 32.2. The number of pyridine rings is 1. The molecule has 0 saturated carbocycles. The molecule has 1 heterocycles. The van der Waals surface area contributed by atoms with Gasteiger partial charge in [-0.1, -0.05) is 6.08 Å². The van der Waals surface area contributed by atoms with E-state index in [1.165, 1.54) is 24.1 Å². The fraction of sp³-hybridized carbons (Fsp3) is 0.208. The molecule has 2 aromatic carbocycles. The summed E-state index contributed by atoms with van der Waals surface area (Å²) in [6.45, 7) is 5.73. The van der Waals surface area contributed by atoms with Gasteiger partial charge in [-0.3, -0.25) is 4.79 Å². The Balaban J connectivity index is 2.14. The summed E-state index contributed by atoms with van der Waals surface area (Å²) in [6.07, 6.45) is 3.78. The van der Waals surface area contributed by atoms with Gasteiger partial charge in [0.1, 0.15) is 11.5 Å². The molecule has 0 saturated heterocycles. The number of aryl methyl sites for hydroxylation is 3. The quantitative estimate of drug-likeness (QED) is 0.384. The lowest BCUT2D eigenvalue weighted by Gasteiger charge is -2.18. The highest BCUT2D eigenvalue weighted by Crippen LogP contribution is 2.36. The zero-order valence-electron chi connectivity index (χ0n) is 18.3. The first-order valence-corrected chi connectivity index (χ1v) is 10.8. The SMILES string of the molecule is C/C=C/SNc1ccc(Nc2c(C)cc(F)cc2C)c(-c2cc(NC)c(=O)n(C)c2)c1.